The van der Waals surface area contributed by atoms with Gasteiger partial charge < -0.3 is 4.74 Å². The Bertz CT molecular complexity index is 1070. The topological polar surface area (TPSA) is 67.8 Å². The van der Waals surface area contributed by atoms with Gasteiger partial charge in [-0.15, -0.1) is 0 Å². The molecule has 0 fully saturated rings. The number of carbonyl (C=O) groups excluding carboxylic acids is 2. The number of esters is 1. The third-order valence-corrected chi connectivity index (χ3v) is 4.72. The molecular weight excluding hydrogens is 435 g/mol. The third kappa shape index (κ3) is 5.81. The smallest absolute Gasteiger partial charge is 0.343 e. The summed E-state index contributed by atoms with van der Waals surface area (Å²) in [5.74, 6) is -0.561. The second kappa shape index (κ2) is 9.56. The number of rotatable bonds is 5. The van der Waals surface area contributed by atoms with E-state index >= 15 is 0 Å². The molecule has 146 valence electrons. The minimum atomic E-state index is -0.555. The summed E-state index contributed by atoms with van der Waals surface area (Å²) in [4.78, 5) is 24.1. The Labute approximate surface area is 181 Å². The van der Waals surface area contributed by atoms with Crippen LogP contribution < -0.4 is 10.2 Å². The number of nitrogens with zero attached hydrogens (tertiary/aromatic N) is 1. The Kier molecular flexibility index (Phi) is 6.88. The van der Waals surface area contributed by atoms with E-state index in [9.17, 15) is 9.59 Å². The molecule has 0 saturated carbocycles. The lowest BCUT2D eigenvalue weighted by molar-refractivity contribution is 0.0734. The summed E-state index contributed by atoms with van der Waals surface area (Å²) < 4.78 is 5.29. The first kappa shape index (κ1) is 20.9. The lowest BCUT2D eigenvalue weighted by atomic mass is 10.2. The van der Waals surface area contributed by atoms with Gasteiger partial charge in [-0.2, -0.15) is 5.10 Å². The summed E-state index contributed by atoms with van der Waals surface area (Å²) in [5, 5.41) is 5.08. The summed E-state index contributed by atoms with van der Waals surface area (Å²) in [7, 11) is 0. The van der Waals surface area contributed by atoms with Crippen LogP contribution in [0.25, 0.3) is 0 Å². The van der Waals surface area contributed by atoms with E-state index in [1.165, 1.54) is 24.4 Å². The molecule has 1 N–H and O–H groups in total. The monoisotopic (exact) mass is 446 g/mol. The Morgan fingerprint density at radius 1 is 0.828 bits per heavy atom. The second-order valence-corrected chi connectivity index (χ2v) is 7.04. The summed E-state index contributed by atoms with van der Waals surface area (Å²) >= 11 is 17.5. The molecule has 0 saturated heterocycles. The van der Waals surface area contributed by atoms with Crippen molar-refractivity contribution in [1.82, 2.24) is 5.43 Å². The Morgan fingerprint density at radius 3 is 2.14 bits per heavy atom. The van der Waals surface area contributed by atoms with Crippen molar-refractivity contribution >= 4 is 52.9 Å². The van der Waals surface area contributed by atoms with Crippen LogP contribution in [0.5, 0.6) is 5.75 Å². The van der Waals surface area contributed by atoms with E-state index in [0.29, 0.717) is 26.9 Å². The van der Waals surface area contributed by atoms with Crippen molar-refractivity contribution < 1.29 is 14.3 Å². The number of hydrogen-bond donors (Lipinski definition) is 1. The molecule has 3 aromatic rings. The molecule has 3 rings (SSSR count). The van der Waals surface area contributed by atoms with Crippen molar-refractivity contribution in [3.05, 3.63) is 98.5 Å². The van der Waals surface area contributed by atoms with Gasteiger partial charge >= 0.3 is 5.97 Å². The molecule has 0 aliphatic carbocycles. The molecule has 0 aromatic heterocycles. The molecule has 0 radical (unpaired) electrons. The van der Waals surface area contributed by atoms with Crippen LogP contribution in [0.15, 0.2) is 71.8 Å². The normalized spacial score (nSPS) is 10.7. The number of nitrogens with one attached hydrogen (secondary N) is 1. The van der Waals surface area contributed by atoms with Crippen LogP contribution in [0, 0.1) is 0 Å². The largest absolute Gasteiger partial charge is 0.423 e. The van der Waals surface area contributed by atoms with Gasteiger partial charge in [-0.1, -0.05) is 34.8 Å². The van der Waals surface area contributed by atoms with Gasteiger partial charge in [-0.3, -0.25) is 4.79 Å². The molecule has 8 heteroatoms. The van der Waals surface area contributed by atoms with Gasteiger partial charge in [-0.25, -0.2) is 10.2 Å². The van der Waals surface area contributed by atoms with E-state index < -0.39 is 5.97 Å². The summed E-state index contributed by atoms with van der Waals surface area (Å²) in [6.07, 6.45) is 1.47. The maximum absolute atomic E-state index is 12.2. The predicted molar refractivity (Wildman–Crippen MR) is 114 cm³/mol. The highest BCUT2D eigenvalue weighted by atomic mass is 35.5. The molecule has 1 amide bonds. The van der Waals surface area contributed by atoms with Crippen LogP contribution in [0.1, 0.15) is 26.3 Å². The quantitative estimate of drug-likeness (QED) is 0.238. The minimum absolute atomic E-state index is 0.272. The number of carbonyl (C=O) groups is 2. The molecule has 0 atom stereocenters. The van der Waals surface area contributed by atoms with Crippen LogP contribution >= 0.6 is 34.8 Å². The maximum atomic E-state index is 12.2. The van der Waals surface area contributed by atoms with Gasteiger partial charge in [0.25, 0.3) is 5.91 Å². The van der Waals surface area contributed by atoms with E-state index in [0.717, 1.165) is 0 Å². The van der Waals surface area contributed by atoms with E-state index in [-0.39, 0.29) is 16.5 Å². The van der Waals surface area contributed by atoms with E-state index in [2.05, 4.69) is 10.5 Å². The average Bonchev–Trinajstić information content (AvgIpc) is 2.71. The van der Waals surface area contributed by atoms with Crippen LogP contribution in [-0.4, -0.2) is 18.1 Å². The van der Waals surface area contributed by atoms with E-state index in [1.54, 1.807) is 48.5 Å². The molecule has 0 spiro atoms. The van der Waals surface area contributed by atoms with Crippen LogP contribution in [0.4, 0.5) is 0 Å². The van der Waals surface area contributed by atoms with Crippen molar-refractivity contribution in [3.63, 3.8) is 0 Å². The van der Waals surface area contributed by atoms with E-state index in [1.807, 2.05) is 0 Å². The van der Waals surface area contributed by atoms with Gasteiger partial charge in [0.2, 0.25) is 0 Å². The van der Waals surface area contributed by atoms with Gasteiger partial charge in [0, 0.05) is 10.6 Å². The van der Waals surface area contributed by atoms with Crippen LogP contribution in [0.2, 0.25) is 15.1 Å². The highest BCUT2D eigenvalue weighted by molar-refractivity contribution is 6.42. The fraction of sp³-hybridized carbons (Fsp3) is 0. The molecule has 29 heavy (non-hydrogen) atoms. The molecule has 0 unspecified atom stereocenters. The first-order chi connectivity index (χ1) is 13.9. The number of ether oxygens (including phenoxy) is 1. The minimum Gasteiger partial charge on any atom is -0.423 e. The third-order valence-electron chi connectivity index (χ3n) is 3.73. The lowest BCUT2D eigenvalue weighted by Crippen LogP contribution is -2.17. The van der Waals surface area contributed by atoms with Gasteiger partial charge in [0.05, 0.1) is 21.8 Å². The van der Waals surface area contributed by atoms with E-state index in [4.69, 9.17) is 39.5 Å². The second-order valence-electron chi connectivity index (χ2n) is 5.79. The number of benzene rings is 3. The molecular formula is C21H13Cl3N2O3. The average molecular weight is 448 g/mol. The van der Waals surface area contributed by atoms with Crippen molar-refractivity contribution in [1.29, 1.82) is 0 Å². The summed E-state index contributed by atoms with van der Waals surface area (Å²) in [5.41, 5.74) is 3.86. The fourth-order valence-corrected chi connectivity index (χ4v) is 2.67. The number of hydrazone groups is 1. The zero-order valence-electron chi connectivity index (χ0n) is 14.7. The standard InChI is InChI=1S/C21H13Cl3N2O3/c22-16-6-3-14(4-7-16)20(27)26-25-12-13-1-8-17(9-2-13)29-21(28)15-5-10-18(23)19(24)11-15/h1-12H,(H,26,27)/b25-12-. The Balaban J connectivity index is 1.57. The SMILES string of the molecule is O=C(N/N=C\c1ccc(OC(=O)c2ccc(Cl)c(Cl)c2)cc1)c1ccc(Cl)cc1. The number of amides is 1. The Hall–Kier alpha value is -2.86. The maximum Gasteiger partial charge on any atom is 0.343 e. The molecule has 0 aliphatic heterocycles. The van der Waals surface area contributed by atoms with Crippen molar-refractivity contribution in [3.8, 4) is 5.75 Å². The highest BCUT2D eigenvalue weighted by Crippen LogP contribution is 2.23. The molecule has 5 nitrogen and oxygen atoms in total. The molecule has 3 aromatic carbocycles. The van der Waals surface area contributed by atoms with Crippen molar-refractivity contribution in [2.45, 2.75) is 0 Å². The zero-order valence-corrected chi connectivity index (χ0v) is 17.0. The molecule has 0 heterocycles. The summed E-state index contributed by atoms with van der Waals surface area (Å²) in [6.45, 7) is 0. The predicted octanol–water partition coefficient (Wildman–Crippen LogP) is 5.63. The number of hydrogen-bond acceptors (Lipinski definition) is 4. The lowest BCUT2D eigenvalue weighted by Gasteiger charge is -2.05. The summed E-state index contributed by atoms with van der Waals surface area (Å²) in [6, 6.07) is 17.5. The van der Waals surface area contributed by atoms with Gasteiger partial charge in [0.15, 0.2) is 0 Å². The molecule has 0 aliphatic rings. The number of halogens is 3. The van der Waals surface area contributed by atoms with Crippen molar-refractivity contribution in [2.75, 3.05) is 0 Å². The van der Waals surface area contributed by atoms with Crippen LogP contribution in [-0.2, 0) is 0 Å². The Morgan fingerprint density at radius 2 is 1.48 bits per heavy atom. The van der Waals surface area contributed by atoms with Crippen molar-refractivity contribution in [2.24, 2.45) is 5.10 Å². The molecule has 0 bridgehead atoms. The zero-order chi connectivity index (χ0) is 20.8. The van der Waals surface area contributed by atoms with Crippen LogP contribution in [0.3, 0.4) is 0 Å². The van der Waals surface area contributed by atoms with Gasteiger partial charge in [-0.05, 0) is 72.3 Å². The first-order valence-corrected chi connectivity index (χ1v) is 9.42. The fourth-order valence-electron chi connectivity index (χ4n) is 2.24. The highest BCUT2D eigenvalue weighted by Gasteiger charge is 2.10. The van der Waals surface area contributed by atoms with Gasteiger partial charge in [0.1, 0.15) is 5.75 Å². The first-order valence-electron chi connectivity index (χ1n) is 8.28.